The van der Waals surface area contributed by atoms with Crippen LogP contribution in [0, 0.1) is 10.1 Å². The van der Waals surface area contributed by atoms with Crippen LogP contribution >= 0.6 is 0 Å². The summed E-state index contributed by atoms with van der Waals surface area (Å²) < 4.78 is 9.56. The number of methoxy groups -OCH3 is 1. The highest BCUT2D eigenvalue weighted by molar-refractivity contribution is 5.95. The van der Waals surface area contributed by atoms with E-state index >= 15 is 0 Å². The lowest BCUT2D eigenvalue weighted by Gasteiger charge is -2.16. The van der Waals surface area contributed by atoms with E-state index in [2.05, 4.69) is 4.74 Å². The van der Waals surface area contributed by atoms with Crippen LogP contribution < -0.4 is 4.74 Å². The zero-order valence-electron chi connectivity index (χ0n) is 9.47. The van der Waals surface area contributed by atoms with Crippen molar-refractivity contribution >= 4 is 17.4 Å². The van der Waals surface area contributed by atoms with Gasteiger partial charge >= 0.3 is 5.97 Å². The van der Waals surface area contributed by atoms with E-state index in [1.54, 1.807) is 0 Å². The van der Waals surface area contributed by atoms with E-state index in [4.69, 9.17) is 4.74 Å². The number of carbonyl (C=O) groups is 2. The lowest BCUT2D eigenvalue weighted by molar-refractivity contribution is -0.385. The number of Topliss-reactive ketones (excluding diaryl/α,β-unsaturated/α-hetero) is 1. The molecule has 0 bridgehead atoms. The number of carbonyl (C=O) groups excluding carboxylic acids is 2. The first kappa shape index (κ1) is 12.0. The predicted octanol–water partition coefficient (Wildman–Crippen LogP) is 0.885. The van der Waals surface area contributed by atoms with Crippen LogP contribution in [-0.4, -0.2) is 30.4 Å². The average Bonchev–Trinajstić information content (AvgIpc) is 2.35. The van der Waals surface area contributed by atoms with Crippen molar-refractivity contribution < 1.29 is 24.0 Å². The molecule has 0 amide bonds. The van der Waals surface area contributed by atoms with Gasteiger partial charge in [0.1, 0.15) is 17.9 Å². The third kappa shape index (κ3) is 2.02. The van der Waals surface area contributed by atoms with Gasteiger partial charge in [-0.3, -0.25) is 14.9 Å². The van der Waals surface area contributed by atoms with Crippen LogP contribution in [-0.2, 0) is 16.0 Å². The number of ether oxygens (including phenoxy) is 2. The first-order valence-corrected chi connectivity index (χ1v) is 5.07. The molecule has 1 aromatic carbocycles. The molecule has 0 aromatic heterocycles. The maximum absolute atomic E-state index is 11.5. The first-order valence-electron chi connectivity index (χ1n) is 5.07. The van der Waals surface area contributed by atoms with Crippen molar-refractivity contribution in [2.24, 2.45) is 0 Å². The third-order valence-electron chi connectivity index (χ3n) is 2.56. The summed E-state index contributed by atoms with van der Waals surface area (Å²) in [4.78, 5) is 32.9. The minimum absolute atomic E-state index is 0.0946. The second kappa shape index (κ2) is 4.44. The Balaban J connectivity index is 2.57. The second-order valence-electron chi connectivity index (χ2n) is 3.73. The molecule has 18 heavy (non-hydrogen) atoms. The van der Waals surface area contributed by atoms with Crippen LogP contribution in [0.1, 0.15) is 15.9 Å². The van der Waals surface area contributed by atoms with E-state index in [9.17, 15) is 19.7 Å². The monoisotopic (exact) mass is 251 g/mol. The van der Waals surface area contributed by atoms with Gasteiger partial charge in [-0.15, -0.1) is 0 Å². The molecule has 1 aliphatic rings. The van der Waals surface area contributed by atoms with Crippen LogP contribution in [0.25, 0.3) is 0 Å². The molecule has 0 unspecified atom stereocenters. The van der Waals surface area contributed by atoms with Gasteiger partial charge in [-0.2, -0.15) is 0 Å². The van der Waals surface area contributed by atoms with Crippen molar-refractivity contribution in [3.63, 3.8) is 0 Å². The van der Waals surface area contributed by atoms with Crippen LogP contribution in [0.15, 0.2) is 12.1 Å². The summed E-state index contributed by atoms with van der Waals surface area (Å²) in [6.45, 7) is -0.109. The number of hydrogen-bond donors (Lipinski definition) is 0. The van der Waals surface area contributed by atoms with Gasteiger partial charge < -0.3 is 9.47 Å². The van der Waals surface area contributed by atoms with Gasteiger partial charge in [0.25, 0.3) is 5.69 Å². The summed E-state index contributed by atoms with van der Waals surface area (Å²) in [6, 6.07) is 2.42. The Bertz CT molecular complexity index is 551. The van der Waals surface area contributed by atoms with E-state index in [1.165, 1.54) is 6.07 Å². The largest absolute Gasteiger partial charge is 0.485 e. The number of rotatable bonds is 2. The van der Waals surface area contributed by atoms with Crippen molar-refractivity contribution in [2.45, 2.75) is 6.42 Å². The van der Waals surface area contributed by atoms with Crippen molar-refractivity contribution in [2.75, 3.05) is 13.7 Å². The van der Waals surface area contributed by atoms with Crippen molar-refractivity contribution in [3.8, 4) is 5.75 Å². The Morgan fingerprint density at radius 1 is 1.50 bits per heavy atom. The maximum Gasteiger partial charge on any atom is 0.344 e. The Morgan fingerprint density at radius 3 is 2.83 bits per heavy atom. The second-order valence-corrected chi connectivity index (χ2v) is 3.73. The molecule has 7 heteroatoms. The molecule has 2 rings (SSSR count). The number of nitro benzene ring substituents is 1. The minimum atomic E-state index is -0.817. The zero-order valence-corrected chi connectivity index (χ0v) is 9.47. The molecule has 0 atom stereocenters. The highest BCUT2D eigenvalue weighted by atomic mass is 16.6. The predicted molar refractivity (Wildman–Crippen MR) is 58.6 cm³/mol. The number of hydrogen-bond acceptors (Lipinski definition) is 6. The lowest BCUT2D eigenvalue weighted by Crippen LogP contribution is -2.21. The number of nitrogens with zero attached hydrogens (tertiary/aromatic N) is 1. The van der Waals surface area contributed by atoms with Gasteiger partial charge in [-0.25, -0.2) is 4.79 Å². The van der Waals surface area contributed by atoms with Gasteiger partial charge in [0.2, 0.25) is 0 Å². The molecule has 94 valence electrons. The van der Waals surface area contributed by atoms with Gasteiger partial charge in [0.05, 0.1) is 18.1 Å². The summed E-state index contributed by atoms with van der Waals surface area (Å²) in [5, 5.41) is 10.9. The van der Waals surface area contributed by atoms with E-state index in [0.29, 0.717) is 5.56 Å². The smallest absolute Gasteiger partial charge is 0.344 e. The number of nitro groups is 1. The fourth-order valence-corrected chi connectivity index (χ4v) is 1.73. The van der Waals surface area contributed by atoms with Crippen molar-refractivity contribution in [1.29, 1.82) is 0 Å². The summed E-state index contributed by atoms with van der Waals surface area (Å²) in [6.07, 6.45) is 0.0946. The molecule has 1 heterocycles. The fourth-order valence-electron chi connectivity index (χ4n) is 1.73. The Morgan fingerprint density at radius 2 is 2.22 bits per heavy atom. The molecule has 1 aromatic rings. The highest BCUT2D eigenvalue weighted by Gasteiger charge is 2.27. The van der Waals surface area contributed by atoms with Gasteiger partial charge in [-0.1, -0.05) is 0 Å². The highest BCUT2D eigenvalue weighted by Crippen LogP contribution is 2.32. The molecule has 7 nitrogen and oxygen atoms in total. The van der Waals surface area contributed by atoms with Gasteiger partial charge in [0.15, 0.2) is 5.78 Å². The fraction of sp³-hybridized carbons (Fsp3) is 0.273. The van der Waals surface area contributed by atoms with Crippen LogP contribution in [0.5, 0.6) is 5.75 Å². The van der Waals surface area contributed by atoms with E-state index in [1.807, 2.05) is 0 Å². The quantitative estimate of drug-likeness (QED) is 0.440. The van der Waals surface area contributed by atoms with Crippen LogP contribution in [0.4, 0.5) is 5.69 Å². The Kier molecular flexibility index (Phi) is 2.97. The molecule has 0 fully saturated rings. The molecule has 0 saturated heterocycles. The topological polar surface area (TPSA) is 95.7 Å². The molecule has 1 aliphatic heterocycles. The SMILES string of the molecule is COC(=O)c1cc2c(cc1[N+](=O)[O-])OCC(=O)C2. The lowest BCUT2D eigenvalue weighted by atomic mass is 10.0. The summed E-state index contributed by atoms with van der Waals surface area (Å²) >= 11 is 0. The standard InChI is InChI=1S/C11H9NO6/c1-17-11(14)8-3-6-2-7(13)5-18-10(6)4-9(8)12(15)16/h3-4H,2,5H2,1H3. The molecule has 0 spiro atoms. The third-order valence-corrected chi connectivity index (χ3v) is 2.56. The van der Waals surface area contributed by atoms with E-state index < -0.39 is 16.6 Å². The summed E-state index contributed by atoms with van der Waals surface area (Å²) in [5.74, 6) is -0.705. The molecular formula is C11H9NO6. The summed E-state index contributed by atoms with van der Waals surface area (Å²) in [5.41, 5.74) is -0.119. The zero-order chi connectivity index (χ0) is 13.3. The van der Waals surface area contributed by atoms with E-state index in [0.717, 1.165) is 13.2 Å². The Hall–Kier alpha value is -2.44. The molecule has 0 N–H and O–H groups in total. The summed E-state index contributed by atoms with van der Waals surface area (Å²) in [7, 11) is 1.13. The number of fused-ring (bicyclic) bond motifs is 1. The van der Waals surface area contributed by atoms with E-state index in [-0.39, 0.29) is 30.1 Å². The average molecular weight is 251 g/mol. The number of ketones is 1. The van der Waals surface area contributed by atoms with Gasteiger partial charge in [-0.05, 0) is 6.07 Å². The van der Waals surface area contributed by atoms with Crippen LogP contribution in [0.3, 0.4) is 0 Å². The minimum Gasteiger partial charge on any atom is -0.485 e. The normalized spacial score (nSPS) is 13.5. The number of benzene rings is 1. The molecular weight excluding hydrogens is 242 g/mol. The Labute approximate surface area is 101 Å². The molecule has 0 saturated carbocycles. The van der Waals surface area contributed by atoms with Crippen molar-refractivity contribution in [3.05, 3.63) is 33.4 Å². The number of esters is 1. The van der Waals surface area contributed by atoms with Crippen molar-refractivity contribution in [1.82, 2.24) is 0 Å². The van der Waals surface area contributed by atoms with Crippen LogP contribution in [0.2, 0.25) is 0 Å². The molecule has 0 radical (unpaired) electrons. The maximum atomic E-state index is 11.5. The first-order chi connectivity index (χ1) is 8.52. The van der Waals surface area contributed by atoms with Gasteiger partial charge in [0, 0.05) is 12.0 Å². The molecule has 0 aliphatic carbocycles.